The molecule has 0 spiro atoms. The molecule has 0 unspecified atom stereocenters. The molecule has 0 bridgehead atoms. The van der Waals surface area contributed by atoms with E-state index in [0.29, 0.717) is 36.0 Å². The van der Waals surface area contributed by atoms with E-state index in [9.17, 15) is 4.79 Å². The Bertz CT molecular complexity index is 438. The second kappa shape index (κ2) is 7.52. The van der Waals surface area contributed by atoms with E-state index in [1.165, 1.54) is 6.42 Å². The lowest BCUT2D eigenvalue weighted by Gasteiger charge is -2.13. The molecule has 7 heteroatoms. The first kappa shape index (κ1) is 15.2. The summed E-state index contributed by atoms with van der Waals surface area (Å²) in [7, 11) is 0. The van der Waals surface area contributed by atoms with Crippen LogP contribution in [-0.4, -0.2) is 40.3 Å². The maximum Gasteiger partial charge on any atom is 0.315 e. The second-order valence-electron chi connectivity index (χ2n) is 5.11. The molecule has 0 radical (unpaired) electrons. The Morgan fingerprint density at radius 1 is 1.50 bits per heavy atom. The smallest absolute Gasteiger partial charge is 0.315 e. The van der Waals surface area contributed by atoms with Crippen LogP contribution < -0.4 is 10.6 Å². The zero-order valence-corrected chi connectivity index (χ0v) is 12.8. The number of nitrogens with zero attached hydrogens (tertiary/aromatic N) is 2. The van der Waals surface area contributed by atoms with Gasteiger partial charge in [-0.15, -0.1) is 0 Å². The first-order valence-corrected chi connectivity index (χ1v) is 8.32. The largest absolute Gasteiger partial charge is 0.339 e. The highest BCUT2D eigenvalue weighted by atomic mass is 32.2. The molecule has 0 saturated heterocycles. The average Bonchev–Trinajstić information content (AvgIpc) is 3.04. The fourth-order valence-electron chi connectivity index (χ4n) is 2.40. The van der Waals surface area contributed by atoms with Crippen LogP contribution in [-0.2, 0) is 6.42 Å². The molecule has 0 aromatic carbocycles. The molecule has 1 saturated carbocycles. The number of carbonyl (C=O) groups excluding carboxylic acids is 1. The maximum absolute atomic E-state index is 11.7. The summed E-state index contributed by atoms with van der Waals surface area (Å²) in [6.45, 7) is 2.41. The van der Waals surface area contributed by atoms with E-state index in [1.807, 2.05) is 11.8 Å². The Hall–Kier alpha value is -1.24. The molecule has 112 valence electrons. The summed E-state index contributed by atoms with van der Waals surface area (Å²) in [5, 5.41) is 10.3. The van der Waals surface area contributed by atoms with E-state index in [2.05, 4.69) is 27.0 Å². The van der Waals surface area contributed by atoms with Gasteiger partial charge < -0.3 is 15.2 Å². The van der Waals surface area contributed by atoms with Crippen molar-refractivity contribution in [3.63, 3.8) is 0 Å². The van der Waals surface area contributed by atoms with Gasteiger partial charge in [-0.25, -0.2) is 4.79 Å². The van der Waals surface area contributed by atoms with Crippen LogP contribution in [0.4, 0.5) is 4.79 Å². The zero-order chi connectivity index (χ0) is 14.4. The third-order valence-electron chi connectivity index (χ3n) is 3.48. The molecule has 2 atom stereocenters. The summed E-state index contributed by atoms with van der Waals surface area (Å²) >= 11 is 1.89. The monoisotopic (exact) mass is 298 g/mol. The van der Waals surface area contributed by atoms with Crippen molar-refractivity contribution in [2.75, 3.05) is 12.8 Å². The summed E-state index contributed by atoms with van der Waals surface area (Å²) in [6.07, 6.45) is 6.98. The minimum Gasteiger partial charge on any atom is -0.339 e. The molecule has 1 aliphatic rings. The number of thioether (sulfide) groups is 1. The molecule has 20 heavy (non-hydrogen) atoms. The van der Waals surface area contributed by atoms with Crippen molar-refractivity contribution in [2.24, 2.45) is 0 Å². The standard InChI is InChI=1S/C13H22N4O2S/c1-9-15-12(19-17-9)4-3-7-14-13(18)16-10-5-6-11(8-10)20-2/h10-11H,3-8H2,1-2H3,(H2,14,16,18)/t10-,11-/m0/s1. The van der Waals surface area contributed by atoms with Gasteiger partial charge in [0.25, 0.3) is 0 Å². The van der Waals surface area contributed by atoms with Gasteiger partial charge in [0.15, 0.2) is 5.82 Å². The van der Waals surface area contributed by atoms with Crippen LogP contribution in [0.1, 0.15) is 37.4 Å². The van der Waals surface area contributed by atoms with Gasteiger partial charge in [0.05, 0.1) is 0 Å². The molecular formula is C13H22N4O2S. The van der Waals surface area contributed by atoms with E-state index in [-0.39, 0.29) is 6.03 Å². The summed E-state index contributed by atoms with van der Waals surface area (Å²) in [5.41, 5.74) is 0. The number of aromatic nitrogens is 2. The highest BCUT2D eigenvalue weighted by Gasteiger charge is 2.24. The van der Waals surface area contributed by atoms with E-state index < -0.39 is 0 Å². The molecule has 1 heterocycles. The van der Waals surface area contributed by atoms with Crippen LogP contribution >= 0.6 is 11.8 Å². The topological polar surface area (TPSA) is 80.0 Å². The molecule has 6 nitrogen and oxygen atoms in total. The van der Waals surface area contributed by atoms with Gasteiger partial charge >= 0.3 is 6.03 Å². The minimum absolute atomic E-state index is 0.0709. The molecule has 1 fully saturated rings. The van der Waals surface area contributed by atoms with Crippen molar-refractivity contribution in [1.29, 1.82) is 0 Å². The van der Waals surface area contributed by atoms with Crippen LogP contribution in [0.25, 0.3) is 0 Å². The molecule has 0 aliphatic heterocycles. The predicted molar refractivity (Wildman–Crippen MR) is 78.8 cm³/mol. The molecule has 2 amide bonds. The zero-order valence-electron chi connectivity index (χ0n) is 12.0. The van der Waals surface area contributed by atoms with Crippen molar-refractivity contribution < 1.29 is 9.32 Å². The Labute approximate surface area is 123 Å². The molecule has 1 aliphatic carbocycles. The molecule has 2 rings (SSSR count). The Kier molecular flexibility index (Phi) is 5.70. The van der Waals surface area contributed by atoms with Crippen molar-refractivity contribution in [3.05, 3.63) is 11.7 Å². The molecule has 1 aromatic rings. The normalized spacial score (nSPS) is 21.9. The third-order valence-corrected chi connectivity index (χ3v) is 4.57. The first-order chi connectivity index (χ1) is 9.67. The lowest BCUT2D eigenvalue weighted by Crippen LogP contribution is -2.41. The van der Waals surface area contributed by atoms with Crippen molar-refractivity contribution in [1.82, 2.24) is 20.8 Å². The number of nitrogens with one attached hydrogen (secondary N) is 2. The van der Waals surface area contributed by atoms with E-state index in [0.717, 1.165) is 19.3 Å². The lowest BCUT2D eigenvalue weighted by atomic mass is 10.2. The summed E-state index contributed by atoms with van der Waals surface area (Å²) in [6, 6.07) is 0.254. The van der Waals surface area contributed by atoms with Crippen LogP contribution in [0.2, 0.25) is 0 Å². The number of carbonyl (C=O) groups is 1. The fourth-order valence-corrected chi connectivity index (χ4v) is 3.20. The molecular weight excluding hydrogens is 276 g/mol. The SMILES string of the molecule is CS[C@H]1CC[C@H](NC(=O)NCCCc2nc(C)no2)C1. The maximum atomic E-state index is 11.7. The van der Waals surface area contributed by atoms with Gasteiger partial charge in [-0.1, -0.05) is 5.16 Å². The number of hydrogen-bond donors (Lipinski definition) is 2. The van der Waals surface area contributed by atoms with E-state index in [4.69, 9.17) is 4.52 Å². The second-order valence-corrected chi connectivity index (χ2v) is 6.24. The van der Waals surface area contributed by atoms with E-state index in [1.54, 1.807) is 6.92 Å². The van der Waals surface area contributed by atoms with Gasteiger partial charge in [0, 0.05) is 24.3 Å². The first-order valence-electron chi connectivity index (χ1n) is 7.03. The quantitative estimate of drug-likeness (QED) is 0.784. The van der Waals surface area contributed by atoms with Gasteiger partial charge in [0.1, 0.15) is 0 Å². The number of amides is 2. The number of rotatable bonds is 6. The van der Waals surface area contributed by atoms with Gasteiger partial charge in [-0.05, 0) is 38.9 Å². The summed E-state index contributed by atoms with van der Waals surface area (Å²) in [5.74, 6) is 1.28. The number of urea groups is 1. The summed E-state index contributed by atoms with van der Waals surface area (Å²) in [4.78, 5) is 15.8. The number of aryl methyl sites for hydroxylation is 2. The Morgan fingerprint density at radius 2 is 2.35 bits per heavy atom. The highest BCUT2D eigenvalue weighted by Crippen LogP contribution is 2.27. The molecule has 2 N–H and O–H groups in total. The minimum atomic E-state index is -0.0709. The highest BCUT2D eigenvalue weighted by molar-refractivity contribution is 7.99. The van der Waals surface area contributed by atoms with Crippen LogP contribution in [0, 0.1) is 6.92 Å². The Balaban J connectivity index is 1.56. The van der Waals surface area contributed by atoms with Gasteiger partial charge in [0.2, 0.25) is 5.89 Å². The summed E-state index contributed by atoms with van der Waals surface area (Å²) < 4.78 is 5.01. The third kappa shape index (κ3) is 4.70. The average molecular weight is 298 g/mol. The lowest BCUT2D eigenvalue weighted by molar-refractivity contribution is 0.237. The van der Waals surface area contributed by atoms with Gasteiger partial charge in [-0.3, -0.25) is 0 Å². The van der Waals surface area contributed by atoms with Crippen molar-refractivity contribution in [3.8, 4) is 0 Å². The van der Waals surface area contributed by atoms with E-state index >= 15 is 0 Å². The Morgan fingerprint density at radius 3 is 3.00 bits per heavy atom. The van der Waals surface area contributed by atoms with Crippen molar-refractivity contribution in [2.45, 2.75) is 50.3 Å². The van der Waals surface area contributed by atoms with Crippen LogP contribution in [0.5, 0.6) is 0 Å². The van der Waals surface area contributed by atoms with Crippen LogP contribution in [0.3, 0.4) is 0 Å². The fraction of sp³-hybridized carbons (Fsp3) is 0.769. The molecule has 1 aromatic heterocycles. The van der Waals surface area contributed by atoms with Crippen molar-refractivity contribution >= 4 is 17.8 Å². The van der Waals surface area contributed by atoms with Gasteiger partial charge in [-0.2, -0.15) is 16.7 Å². The number of hydrogen-bond acceptors (Lipinski definition) is 5. The predicted octanol–water partition coefficient (Wildman–Crippen LogP) is 1.89. The van der Waals surface area contributed by atoms with Crippen LogP contribution in [0.15, 0.2) is 4.52 Å².